The average Bonchev–Trinajstić information content (AvgIpc) is 3.04. The maximum Gasteiger partial charge on any atom is 0.280 e. The lowest BCUT2D eigenvalue weighted by Crippen LogP contribution is -2.37. The number of carbonyl (C=O) groups excluding carboxylic acids is 1. The highest BCUT2D eigenvalue weighted by atomic mass is 19.3. The van der Waals surface area contributed by atoms with Crippen LogP contribution in [-0.4, -0.2) is 35.0 Å². The molecule has 0 spiro atoms. The fourth-order valence-corrected chi connectivity index (χ4v) is 2.63. The molecule has 0 aliphatic carbocycles. The molecular formula is C16H16F2N4O. The van der Waals surface area contributed by atoms with Crippen molar-refractivity contribution >= 4 is 11.6 Å². The fraction of sp³-hybridized carbons (Fsp3) is 0.312. The second kappa shape index (κ2) is 6.68. The van der Waals surface area contributed by atoms with E-state index < -0.39 is 18.0 Å². The number of benzene rings is 1. The molecule has 120 valence electrons. The van der Waals surface area contributed by atoms with Gasteiger partial charge in [0.05, 0.1) is 0 Å². The Hall–Kier alpha value is -2.57. The van der Waals surface area contributed by atoms with Crippen molar-refractivity contribution in [1.29, 1.82) is 0 Å². The van der Waals surface area contributed by atoms with Crippen molar-refractivity contribution in [2.45, 2.75) is 18.9 Å². The van der Waals surface area contributed by atoms with E-state index in [1.54, 1.807) is 0 Å². The molecule has 1 amide bonds. The van der Waals surface area contributed by atoms with Crippen molar-refractivity contribution in [3.05, 3.63) is 54.1 Å². The Balaban J connectivity index is 1.62. The number of aromatic nitrogens is 2. The lowest BCUT2D eigenvalue weighted by atomic mass is 10.2. The van der Waals surface area contributed by atoms with Crippen molar-refractivity contribution in [3.63, 3.8) is 0 Å². The molecule has 1 aromatic heterocycles. The van der Waals surface area contributed by atoms with Crippen molar-refractivity contribution in [3.8, 4) is 0 Å². The van der Waals surface area contributed by atoms with Gasteiger partial charge in [-0.05, 0) is 24.6 Å². The summed E-state index contributed by atoms with van der Waals surface area (Å²) in [5.41, 5.74) is 0.627. The summed E-state index contributed by atoms with van der Waals surface area (Å²) in [5, 5.41) is 2.85. The van der Waals surface area contributed by atoms with Gasteiger partial charge in [-0.15, -0.1) is 0 Å². The predicted octanol–water partition coefficient (Wildman–Crippen LogP) is 2.42. The highest BCUT2D eigenvalue weighted by Gasteiger charge is 2.25. The van der Waals surface area contributed by atoms with Gasteiger partial charge in [-0.1, -0.05) is 18.2 Å². The lowest BCUT2D eigenvalue weighted by molar-refractivity contribution is 0.0934. The monoisotopic (exact) mass is 318 g/mol. The average molecular weight is 318 g/mol. The molecule has 1 atom stereocenters. The number of amides is 1. The Morgan fingerprint density at radius 2 is 2.04 bits per heavy atom. The van der Waals surface area contributed by atoms with Gasteiger partial charge in [0.2, 0.25) is 0 Å². The second-order valence-corrected chi connectivity index (χ2v) is 5.37. The number of hydrogen-bond donors (Lipinski definition) is 1. The van der Waals surface area contributed by atoms with E-state index in [1.165, 1.54) is 0 Å². The zero-order valence-corrected chi connectivity index (χ0v) is 12.3. The molecule has 1 aromatic carbocycles. The van der Waals surface area contributed by atoms with E-state index in [0.717, 1.165) is 31.0 Å². The first kappa shape index (κ1) is 15.3. The van der Waals surface area contributed by atoms with Gasteiger partial charge < -0.3 is 10.2 Å². The SMILES string of the molecule is O=C(NC1CCN(c2ccccc2)C1)c1cc(C(F)F)ncn1. The van der Waals surface area contributed by atoms with Crippen LogP contribution in [0.1, 0.15) is 29.0 Å². The third kappa shape index (κ3) is 3.61. The van der Waals surface area contributed by atoms with E-state index in [0.29, 0.717) is 6.54 Å². The van der Waals surface area contributed by atoms with Crippen LogP contribution >= 0.6 is 0 Å². The summed E-state index contributed by atoms with van der Waals surface area (Å²) in [7, 11) is 0. The van der Waals surface area contributed by atoms with Gasteiger partial charge in [0.25, 0.3) is 12.3 Å². The van der Waals surface area contributed by atoms with Gasteiger partial charge in [-0.25, -0.2) is 18.7 Å². The molecule has 1 N–H and O–H groups in total. The summed E-state index contributed by atoms with van der Waals surface area (Å²) in [6.07, 6.45) is -0.932. The predicted molar refractivity (Wildman–Crippen MR) is 81.5 cm³/mol. The van der Waals surface area contributed by atoms with Crippen LogP contribution in [0, 0.1) is 0 Å². The summed E-state index contributed by atoms with van der Waals surface area (Å²) >= 11 is 0. The van der Waals surface area contributed by atoms with Gasteiger partial charge in [-0.2, -0.15) is 0 Å². The van der Waals surface area contributed by atoms with Gasteiger partial charge in [0, 0.05) is 24.8 Å². The van der Waals surface area contributed by atoms with Crippen molar-refractivity contribution in [2.24, 2.45) is 0 Å². The minimum absolute atomic E-state index is 0.0338. The molecule has 0 saturated carbocycles. The number of halogens is 2. The highest BCUT2D eigenvalue weighted by Crippen LogP contribution is 2.20. The summed E-state index contributed by atoms with van der Waals surface area (Å²) < 4.78 is 25.3. The fourth-order valence-electron chi connectivity index (χ4n) is 2.63. The van der Waals surface area contributed by atoms with Gasteiger partial charge in [-0.3, -0.25) is 4.79 Å². The molecule has 5 nitrogen and oxygen atoms in total. The minimum atomic E-state index is -2.72. The molecule has 0 radical (unpaired) electrons. The van der Waals surface area contributed by atoms with Crippen LogP contribution in [0.5, 0.6) is 0 Å². The number of para-hydroxylation sites is 1. The number of nitrogens with zero attached hydrogens (tertiary/aromatic N) is 3. The van der Waals surface area contributed by atoms with Crippen LogP contribution in [0.25, 0.3) is 0 Å². The number of rotatable bonds is 4. The molecule has 0 bridgehead atoms. The van der Waals surface area contributed by atoms with E-state index in [9.17, 15) is 13.6 Å². The molecule has 1 unspecified atom stereocenters. The number of anilines is 1. The molecule has 1 fully saturated rings. The lowest BCUT2D eigenvalue weighted by Gasteiger charge is -2.18. The Morgan fingerprint density at radius 1 is 1.26 bits per heavy atom. The van der Waals surface area contributed by atoms with E-state index in [4.69, 9.17) is 0 Å². The Kier molecular flexibility index (Phi) is 4.45. The Bertz CT molecular complexity index is 681. The third-order valence-electron chi connectivity index (χ3n) is 3.79. The molecule has 1 aliphatic heterocycles. The first-order chi connectivity index (χ1) is 11.1. The first-order valence-electron chi connectivity index (χ1n) is 7.34. The maximum absolute atomic E-state index is 12.6. The molecule has 7 heteroatoms. The molecular weight excluding hydrogens is 302 g/mol. The smallest absolute Gasteiger partial charge is 0.280 e. The maximum atomic E-state index is 12.6. The highest BCUT2D eigenvalue weighted by molar-refractivity contribution is 5.92. The Morgan fingerprint density at radius 3 is 2.78 bits per heavy atom. The zero-order chi connectivity index (χ0) is 16.2. The van der Waals surface area contributed by atoms with Crippen LogP contribution in [0.3, 0.4) is 0 Å². The summed E-state index contributed by atoms with van der Waals surface area (Å²) in [6, 6.07) is 10.9. The first-order valence-corrected chi connectivity index (χ1v) is 7.34. The quantitative estimate of drug-likeness (QED) is 0.940. The molecule has 2 aromatic rings. The van der Waals surface area contributed by atoms with Gasteiger partial charge in [0.1, 0.15) is 17.7 Å². The number of hydrogen-bond acceptors (Lipinski definition) is 4. The normalized spacial score (nSPS) is 17.5. The number of alkyl halides is 2. The van der Waals surface area contributed by atoms with Gasteiger partial charge in [0.15, 0.2) is 0 Å². The number of nitrogens with one attached hydrogen (secondary N) is 1. The van der Waals surface area contributed by atoms with Crippen LogP contribution in [0.4, 0.5) is 14.5 Å². The molecule has 3 rings (SSSR count). The van der Waals surface area contributed by atoms with E-state index in [-0.39, 0.29) is 11.7 Å². The zero-order valence-electron chi connectivity index (χ0n) is 12.3. The van der Waals surface area contributed by atoms with E-state index in [2.05, 4.69) is 20.2 Å². The number of carbonyl (C=O) groups is 1. The van der Waals surface area contributed by atoms with E-state index >= 15 is 0 Å². The van der Waals surface area contributed by atoms with Crippen LogP contribution < -0.4 is 10.2 Å². The summed E-state index contributed by atoms with van der Waals surface area (Å²) in [6.45, 7) is 1.52. The largest absolute Gasteiger partial charge is 0.369 e. The summed E-state index contributed by atoms with van der Waals surface area (Å²) in [4.78, 5) is 21.6. The molecule has 1 saturated heterocycles. The van der Waals surface area contributed by atoms with Crippen molar-refractivity contribution in [2.75, 3.05) is 18.0 Å². The van der Waals surface area contributed by atoms with Crippen molar-refractivity contribution < 1.29 is 13.6 Å². The standard InChI is InChI=1S/C16H16F2N4O/c17-15(18)13-8-14(20-10-19-13)16(23)21-11-6-7-22(9-11)12-4-2-1-3-5-12/h1-5,8,10-11,15H,6-7,9H2,(H,21,23). The molecule has 2 heterocycles. The van der Waals surface area contributed by atoms with Crippen molar-refractivity contribution in [1.82, 2.24) is 15.3 Å². The summed E-state index contributed by atoms with van der Waals surface area (Å²) in [5.74, 6) is -0.450. The minimum Gasteiger partial charge on any atom is -0.369 e. The topological polar surface area (TPSA) is 58.1 Å². The second-order valence-electron chi connectivity index (χ2n) is 5.37. The van der Waals surface area contributed by atoms with Crippen LogP contribution in [0.15, 0.2) is 42.7 Å². The molecule has 23 heavy (non-hydrogen) atoms. The third-order valence-corrected chi connectivity index (χ3v) is 3.79. The molecule has 1 aliphatic rings. The van der Waals surface area contributed by atoms with Gasteiger partial charge >= 0.3 is 0 Å². The van der Waals surface area contributed by atoms with Crippen LogP contribution in [-0.2, 0) is 0 Å². The van der Waals surface area contributed by atoms with Crippen LogP contribution in [0.2, 0.25) is 0 Å². The van der Waals surface area contributed by atoms with E-state index in [1.807, 2.05) is 30.3 Å². The Labute approximate surface area is 132 Å².